The highest BCUT2D eigenvalue weighted by Crippen LogP contribution is 2.30. The van der Waals surface area contributed by atoms with Crippen LogP contribution in [0.4, 0.5) is 11.4 Å². The summed E-state index contributed by atoms with van der Waals surface area (Å²) in [5.74, 6) is 0. The van der Waals surface area contributed by atoms with E-state index in [4.69, 9.17) is 5.73 Å². The normalized spacial score (nSPS) is 18.2. The Morgan fingerprint density at radius 3 is 2.95 bits per heavy atom. The van der Waals surface area contributed by atoms with Crippen LogP contribution in [0.1, 0.15) is 26.2 Å². The van der Waals surface area contributed by atoms with Crippen LogP contribution < -0.4 is 11.1 Å². The fourth-order valence-corrected chi connectivity index (χ4v) is 3.54. The van der Waals surface area contributed by atoms with Crippen LogP contribution >= 0.6 is 11.3 Å². The number of fused-ring (bicyclic) bond motifs is 1. The van der Waals surface area contributed by atoms with E-state index in [0.717, 1.165) is 28.1 Å². The molecule has 0 bridgehead atoms. The Hall–Kier alpha value is -1.33. The molecular weight excluding hydrogens is 268 g/mol. The summed E-state index contributed by atoms with van der Waals surface area (Å²) in [4.78, 5) is 6.90. The number of nitrogens with two attached hydrogens (primary N) is 1. The number of nitrogens with one attached hydrogen (secondary N) is 1. The van der Waals surface area contributed by atoms with E-state index in [0.29, 0.717) is 6.04 Å². The minimum Gasteiger partial charge on any atom is -0.395 e. The first kappa shape index (κ1) is 13.6. The Morgan fingerprint density at radius 2 is 2.15 bits per heavy atom. The van der Waals surface area contributed by atoms with Gasteiger partial charge in [0, 0.05) is 12.6 Å². The zero-order valence-electron chi connectivity index (χ0n) is 11.9. The van der Waals surface area contributed by atoms with Crippen molar-refractivity contribution in [2.24, 2.45) is 0 Å². The van der Waals surface area contributed by atoms with E-state index < -0.39 is 0 Å². The molecule has 0 saturated carbocycles. The summed E-state index contributed by atoms with van der Waals surface area (Å²) >= 11 is 1.63. The second-order valence-electron chi connectivity index (χ2n) is 5.55. The molecule has 0 spiro atoms. The predicted molar refractivity (Wildman–Crippen MR) is 87.4 cm³/mol. The minimum absolute atomic E-state index is 0.542. The second kappa shape index (κ2) is 5.97. The van der Waals surface area contributed by atoms with Gasteiger partial charge in [-0.05, 0) is 45.0 Å². The molecule has 1 fully saturated rings. The molecule has 1 unspecified atom stereocenters. The van der Waals surface area contributed by atoms with Gasteiger partial charge in [-0.3, -0.25) is 4.90 Å². The summed E-state index contributed by atoms with van der Waals surface area (Å²) in [6.07, 6.45) is 4.04. The van der Waals surface area contributed by atoms with E-state index >= 15 is 0 Å². The average Bonchev–Trinajstić information content (AvgIpc) is 2.96. The monoisotopic (exact) mass is 290 g/mol. The lowest BCUT2D eigenvalue weighted by Crippen LogP contribution is -2.41. The standard InChI is InChI=1S/C15H22N4S/c1-11(19-7-3-2-4-8-19)9-17-12-5-6-13-15(14(12)16)18-10-20-13/h5-6,10-11,17H,2-4,7-9,16H2,1H3. The molecule has 1 aliphatic heterocycles. The molecule has 4 nitrogen and oxygen atoms in total. The quantitative estimate of drug-likeness (QED) is 0.849. The van der Waals surface area contributed by atoms with Gasteiger partial charge in [0.2, 0.25) is 0 Å². The smallest absolute Gasteiger partial charge is 0.106 e. The molecule has 2 aromatic rings. The third-order valence-corrected chi connectivity index (χ3v) is 4.94. The van der Waals surface area contributed by atoms with Gasteiger partial charge in [0.1, 0.15) is 5.52 Å². The number of hydrogen-bond donors (Lipinski definition) is 2. The van der Waals surface area contributed by atoms with Gasteiger partial charge in [-0.15, -0.1) is 11.3 Å². The van der Waals surface area contributed by atoms with Gasteiger partial charge in [-0.1, -0.05) is 6.42 Å². The van der Waals surface area contributed by atoms with Crippen molar-refractivity contribution in [2.45, 2.75) is 32.2 Å². The first-order valence-corrected chi connectivity index (χ1v) is 8.23. The fraction of sp³-hybridized carbons (Fsp3) is 0.533. The molecule has 0 radical (unpaired) electrons. The van der Waals surface area contributed by atoms with Gasteiger partial charge in [-0.25, -0.2) is 4.98 Å². The van der Waals surface area contributed by atoms with E-state index in [-0.39, 0.29) is 0 Å². The Bertz CT molecular complexity index is 574. The number of nitrogen functional groups attached to an aromatic ring is 1. The predicted octanol–water partition coefficient (Wildman–Crippen LogP) is 3.16. The van der Waals surface area contributed by atoms with Crippen molar-refractivity contribution in [1.82, 2.24) is 9.88 Å². The van der Waals surface area contributed by atoms with Crippen molar-refractivity contribution < 1.29 is 0 Å². The van der Waals surface area contributed by atoms with E-state index in [1.807, 2.05) is 5.51 Å². The molecule has 2 heterocycles. The van der Waals surface area contributed by atoms with Gasteiger partial charge in [0.05, 0.1) is 21.6 Å². The second-order valence-corrected chi connectivity index (χ2v) is 6.44. The highest BCUT2D eigenvalue weighted by molar-refractivity contribution is 7.16. The molecule has 5 heteroatoms. The molecule has 3 rings (SSSR count). The summed E-state index contributed by atoms with van der Waals surface area (Å²) in [5.41, 5.74) is 10.7. The average molecular weight is 290 g/mol. The maximum Gasteiger partial charge on any atom is 0.106 e. The summed E-state index contributed by atoms with van der Waals surface area (Å²) in [6.45, 7) is 5.67. The van der Waals surface area contributed by atoms with Gasteiger partial charge in [-0.2, -0.15) is 0 Å². The van der Waals surface area contributed by atoms with E-state index in [1.54, 1.807) is 11.3 Å². The van der Waals surface area contributed by atoms with Crippen molar-refractivity contribution >= 4 is 32.9 Å². The molecule has 20 heavy (non-hydrogen) atoms. The van der Waals surface area contributed by atoms with Crippen molar-refractivity contribution in [3.05, 3.63) is 17.6 Å². The van der Waals surface area contributed by atoms with Gasteiger partial charge < -0.3 is 11.1 Å². The van der Waals surface area contributed by atoms with E-state index in [2.05, 4.69) is 34.3 Å². The Kier molecular flexibility index (Phi) is 4.08. The summed E-state index contributed by atoms with van der Waals surface area (Å²) in [5, 5.41) is 3.49. The summed E-state index contributed by atoms with van der Waals surface area (Å²) in [6, 6.07) is 4.71. The zero-order chi connectivity index (χ0) is 13.9. The van der Waals surface area contributed by atoms with Crippen molar-refractivity contribution in [3.63, 3.8) is 0 Å². The molecule has 1 aromatic carbocycles. The molecule has 1 aromatic heterocycles. The largest absolute Gasteiger partial charge is 0.395 e. The van der Waals surface area contributed by atoms with Crippen LogP contribution in [-0.4, -0.2) is 35.6 Å². The number of anilines is 2. The number of likely N-dealkylation sites (tertiary alicyclic amines) is 1. The number of rotatable bonds is 4. The number of piperidine rings is 1. The Labute approximate surface area is 124 Å². The minimum atomic E-state index is 0.542. The lowest BCUT2D eigenvalue weighted by atomic mass is 10.1. The van der Waals surface area contributed by atoms with Crippen LogP contribution in [0.3, 0.4) is 0 Å². The van der Waals surface area contributed by atoms with Crippen LogP contribution in [0.2, 0.25) is 0 Å². The molecule has 3 N–H and O–H groups in total. The molecule has 0 amide bonds. The third kappa shape index (κ3) is 2.74. The molecular formula is C15H22N4S. The topological polar surface area (TPSA) is 54.2 Å². The number of thiazole rings is 1. The van der Waals surface area contributed by atoms with Crippen molar-refractivity contribution in [3.8, 4) is 0 Å². The lowest BCUT2D eigenvalue weighted by molar-refractivity contribution is 0.180. The highest BCUT2D eigenvalue weighted by atomic mass is 32.1. The molecule has 1 saturated heterocycles. The van der Waals surface area contributed by atoms with Crippen molar-refractivity contribution in [2.75, 3.05) is 30.7 Å². The van der Waals surface area contributed by atoms with Gasteiger partial charge in [0.15, 0.2) is 0 Å². The number of hydrogen-bond acceptors (Lipinski definition) is 5. The third-order valence-electron chi connectivity index (χ3n) is 4.14. The van der Waals surface area contributed by atoms with E-state index in [1.165, 1.54) is 32.4 Å². The molecule has 0 aliphatic carbocycles. The lowest BCUT2D eigenvalue weighted by Gasteiger charge is -2.32. The highest BCUT2D eigenvalue weighted by Gasteiger charge is 2.16. The van der Waals surface area contributed by atoms with Crippen LogP contribution in [0.5, 0.6) is 0 Å². The first-order chi connectivity index (χ1) is 9.75. The first-order valence-electron chi connectivity index (χ1n) is 7.35. The summed E-state index contributed by atoms with van der Waals surface area (Å²) in [7, 11) is 0. The van der Waals surface area contributed by atoms with Crippen LogP contribution in [0, 0.1) is 0 Å². The van der Waals surface area contributed by atoms with Gasteiger partial charge >= 0.3 is 0 Å². The number of benzene rings is 1. The van der Waals surface area contributed by atoms with E-state index in [9.17, 15) is 0 Å². The number of aromatic nitrogens is 1. The van der Waals surface area contributed by atoms with Gasteiger partial charge in [0.25, 0.3) is 0 Å². The Balaban J connectivity index is 1.65. The molecule has 1 atom stereocenters. The molecule has 1 aliphatic rings. The van der Waals surface area contributed by atoms with Crippen LogP contribution in [-0.2, 0) is 0 Å². The SMILES string of the molecule is CC(CNc1ccc2scnc2c1N)N1CCCCC1. The van der Waals surface area contributed by atoms with Crippen LogP contribution in [0.25, 0.3) is 10.2 Å². The Morgan fingerprint density at radius 1 is 1.35 bits per heavy atom. The molecule has 108 valence electrons. The number of nitrogens with zero attached hydrogens (tertiary/aromatic N) is 2. The summed E-state index contributed by atoms with van der Waals surface area (Å²) < 4.78 is 1.15. The fourth-order valence-electron chi connectivity index (χ4n) is 2.85. The van der Waals surface area contributed by atoms with Crippen LogP contribution in [0.15, 0.2) is 17.6 Å². The zero-order valence-corrected chi connectivity index (χ0v) is 12.7. The van der Waals surface area contributed by atoms with Crippen molar-refractivity contribution in [1.29, 1.82) is 0 Å². The maximum absolute atomic E-state index is 6.20. The maximum atomic E-state index is 6.20.